The van der Waals surface area contributed by atoms with Gasteiger partial charge in [-0.15, -0.1) is 0 Å². The first kappa shape index (κ1) is 19.1. The molecule has 31 heavy (non-hydrogen) atoms. The first-order chi connectivity index (χ1) is 15.2. The summed E-state index contributed by atoms with van der Waals surface area (Å²) in [5.74, 6) is 0.859. The second-order valence-corrected chi connectivity index (χ2v) is 7.48. The van der Waals surface area contributed by atoms with Gasteiger partial charge in [0, 0.05) is 30.2 Å². The van der Waals surface area contributed by atoms with Crippen molar-refractivity contribution in [3.05, 3.63) is 84.6 Å². The van der Waals surface area contributed by atoms with Gasteiger partial charge < -0.3 is 20.7 Å². The highest BCUT2D eigenvalue weighted by Gasteiger charge is 2.13. The lowest BCUT2D eigenvalue weighted by molar-refractivity contribution is 0.311. The smallest absolute Gasteiger partial charge is 0.222 e. The number of nitrogens with two attached hydrogens (primary N) is 1. The van der Waals surface area contributed by atoms with Gasteiger partial charge in [0.15, 0.2) is 0 Å². The van der Waals surface area contributed by atoms with Gasteiger partial charge in [0.2, 0.25) is 5.95 Å². The van der Waals surface area contributed by atoms with Crippen LogP contribution in [0.3, 0.4) is 0 Å². The highest BCUT2D eigenvalue weighted by molar-refractivity contribution is 6.11. The van der Waals surface area contributed by atoms with E-state index in [4.69, 9.17) is 5.73 Å². The Hall–Kier alpha value is -3.90. The zero-order chi connectivity index (χ0) is 21.2. The van der Waals surface area contributed by atoms with Crippen LogP contribution in [0.1, 0.15) is 5.56 Å². The van der Waals surface area contributed by atoms with Gasteiger partial charge in [-0.3, -0.25) is 0 Å². The molecule has 0 aliphatic carbocycles. The van der Waals surface area contributed by atoms with Crippen molar-refractivity contribution in [3.8, 4) is 11.1 Å². The summed E-state index contributed by atoms with van der Waals surface area (Å²) in [5, 5.41) is 14.3. The zero-order valence-electron chi connectivity index (χ0n) is 17.0. The highest BCUT2D eigenvalue weighted by Crippen LogP contribution is 2.31. The van der Waals surface area contributed by atoms with Gasteiger partial charge in [0.1, 0.15) is 5.82 Å². The van der Waals surface area contributed by atoms with Gasteiger partial charge in [-0.1, -0.05) is 54.6 Å². The number of aliphatic hydroxyl groups excluding tert-OH is 1. The number of nitrogens with zero attached hydrogens (tertiary/aromatic N) is 3. The van der Waals surface area contributed by atoms with Crippen molar-refractivity contribution >= 4 is 33.6 Å². The molecule has 154 valence electrons. The molecule has 0 radical (unpaired) electrons. The molecule has 0 atom stereocenters. The lowest BCUT2D eigenvalue weighted by Crippen LogP contribution is -2.09. The molecule has 4 N–H and O–H groups in total. The summed E-state index contributed by atoms with van der Waals surface area (Å²) in [5.41, 5.74) is 11.4. The summed E-state index contributed by atoms with van der Waals surface area (Å²) in [6, 6.07) is 25.2. The Morgan fingerprint density at radius 2 is 1.65 bits per heavy atom. The largest absolute Gasteiger partial charge is 0.395 e. The fourth-order valence-corrected chi connectivity index (χ4v) is 3.99. The molecule has 0 saturated heterocycles. The number of fused-ring (bicyclic) bond motifs is 3. The van der Waals surface area contributed by atoms with Crippen LogP contribution in [0.25, 0.3) is 32.9 Å². The van der Waals surface area contributed by atoms with Gasteiger partial charge >= 0.3 is 0 Å². The molecule has 5 aromatic rings. The Morgan fingerprint density at radius 1 is 0.871 bits per heavy atom. The minimum absolute atomic E-state index is 0.0152. The van der Waals surface area contributed by atoms with E-state index in [1.807, 2.05) is 12.1 Å². The van der Waals surface area contributed by atoms with Gasteiger partial charge in [0.25, 0.3) is 0 Å². The maximum absolute atomic E-state index is 9.20. The quantitative estimate of drug-likeness (QED) is 0.389. The number of aliphatic hydroxyl groups is 1. The van der Waals surface area contributed by atoms with Crippen LogP contribution in [0, 0.1) is 0 Å². The molecule has 3 aromatic carbocycles. The summed E-state index contributed by atoms with van der Waals surface area (Å²) in [7, 11) is 0. The van der Waals surface area contributed by atoms with Gasteiger partial charge in [0.05, 0.1) is 17.5 Å². The Bertz CT molecular complexity index is 1340. The third-order valence-corrected chi connectivity index (χ3v) is 5.45. The van der Waals surface area contributed by atoms with E-state index in [1.165, 1.54) is 16.7 Å². The van der Waals surface area contributed by atoms with Crippen LogP contribution in [-0.4, -0.2) is 32.8 Å². The van der Waals surface area contributed by atoms with Crippen molar-refractivity contribution in [2.75, 3.05) is 24.2 Å². The van der Waals surface area contributed by atoms with Crippen LogP contribution >= 0.6 is 0 Å². The molecule has 0 unspecified atom stereocenters. The standard InChI is InChI=1S/C25H23N5O/c26-25-28-21-10-11-22-20(23(21)24(29-25)27-13-15-31)12-14-30(22)16-17-6-8-19(9-7-17)18-4-2-1-3-5-18/h1-12,14,31H,13,15-16H2,(H3,26,27,28,29). The van der Waals surface area contributed by atoms with Crippen molar-refractivity contribution in [1.82, 2.24) is 14.5 Å². The summed E-state index contributed by atoms with van der Waals surface area (Å²) < 4.78 is 2.22. The zero-order valence-corrected chi connectivity index (χ0v) is 17.0. The fraction of sp³-hybridized carbons (Fsp3) is 0.120. The normalized spacial score (nSPS) is 11.3. The van der Waals surface area contributed by atoms with E-state index >= 15 is 0 Å². The van der Waals surface area contributed by atoms with Crippen LogP contribution in [0.2, 0.25) is 0 Å². The van der Waals surface area contributed by atoms with Crippen molar-refractivity contribution in [2.24, 2.45) is 0 Å². The molecular formula is C25H23N5O. The maximum atomic E-state index is 9.20. The van der Waals surface area contributed by atoms with Gasteiger partial charge in [-0.2, -0.15) is 4.98 Å². The minimum atomic E-state index is 0.0152. The average Bonchev–Trinajstić information content (AvgIpc) is 3.21. The SMILES string of the molecule is Nc1nc(NCCO)c2c(ccc3c2ccn3Cc2ccc(-c3ccccc3)cc2)n1. The number of anilines is 2. The van der Waals surface area contributed by atoms with Gasteiger partial charge in [-0.25, -0.2) is 4.98 Å². The number of hydrogen-bond donors (Lipinski definition) is 3. The third kappa shape index (κ3) is 3.69. The molecule has 0 fully saturated rings. The predicted octanol–water partition coefficient (Wildman–Crippen LogP) is 4.29. The molecule has 5 rings (SSSR count). The Labute approximate surface area is 180 Å². The molecule has 6 heteroatoms. The second-order valence-electron chi connectivity index (χ2n) is 7.48. The maximum Gasteiger partial charge on any atom is 0.222 e. The van der Waals surface area contributed by atoms with Crippen LogP contribution in [0.5, 0.6) is 0 Å². The van der Waals surface area contributed by atoms with E-state index in [0.717, 1.165) is 28.4 Å². The number of hydrogen-bond acceptors (Lipinski definition) is 5. The first-order valence-corrected chi connectivity index (χ1v) is 10.3. The third-order valence-electron chi connectivity index (χ3n) is 5.45. The van der Waals surface area contributed by atoms with Crippen molar-refractivity contribution < 1.29 is 5.11 Å². The van der Waals surface area contributed by atoms with Gasteiger partial charge in [-0.05, 0) is 34.9 Å². The molecule has 6 nitrogen and oxygen atoms in total. The molecule has 0 aliphatic heterocycles. The van der Waals surface area contributed by atoms with E-state index in [0.29, 0.717) is 12.4 Å². The average molecular weight is 409 g/mol. The number of aromatic nitrogens is 3. The number of rotatable bonds is 6. The first-order valence-electron chi connectivity index (χ1n) is 10.3. The van der Waals surface area contributed by atoms with Crippen LogP contribution in [0.15, 0.2) is 79.0 Å². The van der Waals surface area contributed by atoms with Crippen molar-refractivity contribution in [1.29, 1.82) is 0 Å². The molecular weight excluding hydrogens is 386 g/mol. The highest BCUT2D eigenvalue weighted by atomic mass is 16.3. The van der Waals surface area contributed by atoms with Crippen molar-refractivity contribution in [2.45, 2.75) is 6.54 Å². The van der Waals surface area contributed by atoms with Crippen LogP contribution in [0.4, 0.5) is 11.8 Å². The molecule has 2 aromatic heterocycles. The van der Waals surface area contributed by atoms with Crippen LogP contribution in [-0.2, 0) is 6.54 Å². The Kier molecular flexibility index (Phi) is 4.98. The lowest BCUT2D eigenvalue weighted by Gasteiger charge is -2.11. The molecule has 0 spiro atoms. The predicted molar refractivity (Wildman–Crippen MR) is 126 cm³/mol. The summed E-state index contributed by atoms with van der Waals surface area (Å²) in [4.78, 5) is 8.74. The van der Waals surface area contributed by atoms with E-state index in [9.17, 15) is 5.11 Å². The topological polar surface area (TPSA) is 89.0 Å². The number of nitrogens with one attached hydrogen (secondary N) is 1. The Balaban J connectivity index is 1.50. The second kappa shape index (κ2) is 8.08. The Morgan fingerprint density at radius 3 is 2.42 bits per heavy atom. The summed E-state index contributed by atoms with van der Waals surface area (Å²) in [6.45, 7) is 1.18. The van der Waals surface area contributed by atoms with Crippen molar-refractivity contribution in [3.63, 3.8) is 0 Å². The monoisotopic (exact) mass is 409 g/mol. The van der Waals surface area contributed by atoms with E-state index in [-0.39, 0.29) is 12.6 Å². The molecule has 2 heterocycles. The van der Waals surface area contributed by atoms with Crippen LogP contribution < -0.4 is 11.1 Å². The number of benzene rings is 3. The van der Waals surface area contributed by atoms with E-state index < -0.39 is 0 Å². The minimum Gasteiger partial charge on any atom is -0.395 e. The molecule has 0 bridgehead atoms. The fourth-order valence-electron chi connectivity index (χ4n) is 3.99. The summed E-state index contributed by atoms with van der Waals surface area (Å²) in [6.07, 6.45) is 2.08. The van der Waals surface area contributed by atoms with E-state index in [1.54, 1.807) is 0 Å². The van der Waals surface area contributed by atoms with E-state index in [2.05, 4.69) is 86.7 Å². The number of nitrogen functional groups attached to an aromatic ring is 1. The molecule has 0 aliphatic rings. The molecule has 0 saturated carbocycles. The summed E-state index contributed by atoms with van der Waals surface area (Å²) >= 11 is 0. The lowest BCUT2D eigenvalue weighted by atomic mass is 10.0. The molecule has 0 amide bonds.